The van der Waals surface area contributed by atoms with Gasteiger partial charge in [0.15, 0.2) is 0 Å². The molecule has 1 heterocycles. The van der Waals surface area contributed by atoms with Crippen LogP contribution in [0, 0.1) is 11.3 Å². The van der Waals surface area contributed by atoms with Crippen molar-refractivity contribution >= 4 is 17.3 Å². The number of alkyl halides is 3. The number of halogens is 3. The lowest BCUT2D eigenvalue weighted by atomic mass is 9.70. The van der Waals surface area contributed by atoms with Crippen LogP contribution in [-0.2, 0) is 5.41 Å². The van der Waals surface area contributed by atoms with Crippen molar-refractivity contribution in [1.82, 2.24) is 9.55 Å². The predicted octanol–water partition coefficient (Wildman–Crippen LogP) is 7.46. The van der Waals surface area contributed by atoms with Crippen molar-refractivity contribution in [2.24, 2.45) is 11.3 Å². The minimum atomic E-state index is -4.73. The van der Waals surface area contributed by atoms with E-state index in [1.165, 1.54) is 12.1 Å². The van der Waals surface area contributed by atoms with E-state index < -0.39 is 11.8 Å². The maximum atomic E-state index is 12.6. The summed E-state index contributed by atoms with van der Waals surface area (Å²) < 4.78 is 44.2. The van der Waals surface area contributed by atoms with E-state index in [-0.39, 0.29) is 17.2 Å². The monoisotopic (exact) mass is 472 g/mol. The molecular formula is C27H31F3N2O2. The number of hydrogen-bond acceptors (Lipinski definition) is 3. The van der Waals surface area contributed by atoms with Crippen LogP contribution < -0.4 is 4.74 Å². The van der Waals surface area contributed by atoms with Crippen molar-refractivity contribution in [2.75, 3.05) is 0 Å². The minimum Gasteiger partial charge on any atom is -0.406 e. The lowest BCUT2D eigenvalue weighted by Crippen LogP contribution is -2.33. The molecule has 0 radical (unpaired) electrons. The fraction of sp³-hybridized carbons (Fsp3) is 0.481. The van der Waals surface area contributed by atoms with Gasteiger partial charge in [-0.1, -0.05) is 32.9 Å². The number of nitrogens with zero attached hydrogens (tertiary/aromatic N) is 2. The zero-order chi connectivity index (χ0) is 24.9. The topological polar surface area (TPSA) is 44.1 Å². The van der Waals surface area contributed by atoms with E-state index in [4.69, 9.17) is 4.98 Å². The molecule has 0 bridgehead atoms. The lowest BCUT2D eigenvalue weighted by Gasteiger charge is -2.41. The molecule has 1 aromatic heterocycles. The summed E-state index contributed by atoms with van der Waals surface area (Å²) in [6.45, 7) is 10.9. The van der Waals surface area contributed by atoms with Crippen LogP contribution in [-0.4, -0.2) is 22.2 Å². The van der Waals surface area contributed by atoms with Gasteiger partial charge < -0.3 is 9.30 Å². The van der Waals surface area contributed by atoms with Crippen molar-refractivity contribution in [3.05, 3.63) is 59.4 Å². The molecule has 1 unspecified atom stereocenters. The van der Waals surface area contributed by atoms with E-state index in [0.717, 1.165) is 48.0 Å². The van der Waals surface area contributed by atoms with Gasteiger partial charge in [-0.25, -0.2) is 4.98 Å². The Hall–Kier alpha value is -2.83. The van der Waals surface area contributed by atoms with Crippen molar-refractivity contribution < 1.29 is 22.7 Å². The van der Waals surface area contributed by atoms with Gasteiger partial charge in [0, 0.05) is 17.0 Å². The molecule has 7 heteroatoms. The van der Waals surface area contributed by atoms with Gasteiger partial charge in [-0.2, -0.15) is 0 Å². The third kappa shape index (κ3) is 4.84. The Bertz CT molecular complexity index is 1190. The average molecular weight is 473 g/mol. The first-order valence-corrected chi connectivity index (χ1v) is 11.6. The second-order valence-corrected chi connectivity index (χ2v) is 10.9. The zero-order valence-corrected chi connectivity index (χ0v) is 20.2. The van der Waals surface area contributed by atoms with Gasteiger partial charge in [0.05, 0.1) is 11.0 Å². The number of imidazole rings is 1. The van der Waals surface area contributed by atoms with E-state index in [1.807, 2.05) is 26.0 Å². The van der Waals surface area contributed by atoms with Gasteiger partial charge in [0.1, 0.15) is 17.9 Å². The molecule has 4 rings (SSSR count). The number of fused-ring (bicyclic) bond motifs is 1. The molecule has 4 nitrogen and oxygen atoms in total. The Morgan fingerprint density at radius 2 is 1.76 bits per heavy atom. The maximum Gasteiger partial charge on any atom is 0.573 e. The predicted molar refractivity (Wildman–Crippen MR) is 126 cm³/mol. The molecule has 0 amide bonds. The molecular weight excluding hydrogens is 441 g/mol. The van der Waals surface area contributed by atoms with Gasteiger partial charge in [-0.15, -0.1) is 13.2 Å². The van der Waals surface area contributed by atoms with Crippen molar-refractivity contribution in [3.8, 4) is 5.75 Å². The number of carbonyl (C=O) groups is 1. The van der Waals surface area contributed by atoms with Crippen LogP contribution in [0.4, 0.5) is 13.2 Å². The first kappa shape index (κ1) is 24.3. The summed E-state index contributed by atoms with van der Waals surface area (Å²) in [5, 5.41) is 0. The molecule has 34 heavy (non-hydrogen) atoms. The number of aldehydes is 1. The summed E-state index contributed by atoms with van der Waals surface area (Å²) in [6.07, 6.45) is -0.740. The van der Waals surface area contributed by atoms with Crippen molar-refractivity contribution in [1.29, 1.82) is 0 Å². The van der Waals surface area contributed by atoms with E-state index in [1.54, 1.807) is 18.2 Å². The molecule has 0 spiro atoms. The van der Waals surface area contributed by atoms with Gasteiger partial charge in [0.25, 0.3) is 0 Å². The smallest absolute Gasteiger partial charge is 0.406 e. The third-order valence-corrected chi connectivity index (χ3v) is 6.95. The second-order valence-electron chi connectivity index (χ2n) is 10.9. The molecule has 1 aliphatic carbocycles. The van der Waals surface area contributed by atoms with Crippen LogP contribution in [0.2, 0.25) is 0 Å². The Kier molecular flexibility index (Phi) is 6.03. The molecule has 3 aromatic rings. The normalized spacial score (nSPS) is 20.9. The van der Waals surface area contributed by atoms with E-state index in [9.17, 15) is 18.0 Å². The van der Waals surface area contributed by atoms with E-state index in [2.05, 4.69) is 30.1 Å². The van der Waals surface area contributed by atoms with Gasteiger partial charge in [-0.3, -0.25) is 4.79 Å². The molecule has 2 atom stereocenters. The van der Waals surface area contributed by atoms with Gasteiger partial charge >= 0.3 is 6.36 Å². The lowest BCUT2D eigenvalue weighted by molar-refractivity contribution is -0.274. The highest BCUT2D eigenvalue weighted by atomic mass is 19.4. The number of aromatic nitrogens is 2. The standard InChI is InChI=1S/C27H31F3N2O2/c1-17-12-20(15-25(2,3)14-17)32-23-11-6-18(16-33)13-22(23)31-24(32)26(4,5)19-7-9-21(10-8-19)34-27(28,29)30/h6-11,13,16-17,20H,12,14-15H2,1-5H3/t17?,20-/m1/s1. The summed E-state index contributed by atoms with van der Waals surface area (Å²) in [7, 11) is 0. The number of carbonyl (C=O) groups excluding carboxylic acids is 1. The summed E-state index contributed by atoms with van der Waals surface area (Å²) >= 11 is 0. The highest BCUT2D eigenvalue weighted by Crippen LogP contribution is 2.47. The molecule has 0 saturated heterocycles. The Balaban J connectivity index is 1.83. The fourth-order valence-corrected chi connectivity index (χ4v) is 5.69. The fourth-order valence-electron chi connectivity index (χ4n) is 5.69. The van der Waals surface area contributed by atoms with Gasteiger partial charge in [-0.05, 0) is 80.3 Å². The number of benzene rings is 2. The summed E-state index contributed by atoms with van der Waals surface area (Å²) in [4.78, 5) is 16.4. The first-order valence-electron chi connectivity index (χ1n) is 11.6. The summed E-state index contributed by atoms with van der Waals surface area (Å²) in [5.74, 6) is 1.14. The number of ether oxygens (including phenoxy) is 1. The molecule has 2 aromatic carbocycles. The van der Waals surface area contributed by atoms with Crippen LogP contribution in [0.1, 0.15) is 81.7 Å². The molecule has 0 aliphatic heterocycles. The van der Waals surface area contributed by atoms with E-state index in [0.29, 0.717) is 11.5 Å². The highest BCUT2D eigenvalue weighted by molar-refractivity contribution is 5.85. The molecule has 182 valence electrons. The third-order valence-electron chi connectivity index (χ3n) is 6.95. The highest BCUT2D eigenvalue weighted by Gasteiger charge is 2.38. The van der Waals surface area contributed by atoms with Crippen LogP contribution >= 0.6 is 0 Å². The zero-order valence-electron chi connectivity index (χ0n) is 20.2. The van der Waals surface area contributed by atoms with Crippen LogP contribution in [0.15, 0.2) is 42.5 Å². The Labute approximate surface area is 198 Å². The summed E-state index contributed by atoms with van der Waals surface area (Å²) in [6, 6.07) is 11.8. The van der Waals surface area contributed by atoms with Gasteiger partial charge in [0.2, 0.25) is 0 Å². The SMILES string of the molecule is CC1C[C@@H](n2c(C(C)(C)c3ccc(OC(F)(F)F)cc3)nc3cc(C=O)ccc32)CC(C)(C)C1. The quantitative estimate of drug-likeness (QED) is 0.362. The first-order chi connectivity index (χ1) is 15.8. The molecule has 1 aliphatic rings. The molecule has 0 N–H and O–H groups in total. The van der Waals surface area contributed by atoms with Crippen molar-refractivity contribution in [2.45, 2.75) is 71.7 Å². The molecule has 1 fully saturated rings. The van der Waals surface area contributed by atoms with Crippen LogP contribution in [0.3, 0.4) is 0 Å². The maximum absolute atomic E-state index is 12.6. The Morgan fingerprint density at radius 3 is 2.35 bits per heavy atom. The van der Waals surface area contributed by atoms with Crippen LogP contribution in [0.5, 0.6) is 5.75 Å². The largest absolute Gasteiger partial charge is 0.573 e. The number of rotatable bonds is 5. The minimum absolute atomic E-state index is 0.180. The Morgan fingerprint density at radius 1 is 1.09 bits per heavy atom. The average Bonchev–Trinajstić information content (AvgIpc) is 3.11. The second kappa shape index (κ2) is 8.43. The number of hydrogen-bond donors (Lipinski definition) is 0. The van der Waals surface area contributed by atoms with Crippen LogP contribution in [0.25, 0.3) is 11.0 Å². The van der Waals surface area contributed by atoms with E-state index >= 15 is 0 Å². The summed E-state index contributed by atoms with van der Waals surface area (Å²) in [5.41, 5.74) is 2.70. The van der Waals surface area contributed by atoms with Crippen molar-refractivity contribution in [3.63, 3.8) is 0 Å². The molecule has 1 saturated carbocycles.